The zero-order valence-corrected chi connectivity index (χ0v) is 15.9. The molecule has 2 heterocycles. The average Bonchev–Trinajstić information content (AvgIpc) is 2.66. The number of benzene rings is 1. The van der Waals surface area contributed by atoms with E-state index in [1.54, 1.807) is 0 Å². The van der Waals surface area contributed by atoms with Crippen molar-refractivity contribution in [1.82, 2.24) is 14.8 Å². The summed E-state index contributed by atoms with van der Waals surface area (Å²) in [6.45, 7) is 8.40. The molecule has 1 aliphatic rings. The number of fused-ring (bicyclic) bond motifs is 1. The molecular weight excluding hydrogens is 326 g/mol. The molecule has 0 saturated carbocycles. The van der Waals surface area contributed by atoms with E-state index in [2.05, 4.69) is 35.0 Å². The number of carbonyl (C=O) groups is 1. The van der Waals surface area contributed by atoms with E-state index in [4.69, 9.17) is 0 Å². The van der Waals surface area contributed by atoms with Crippen molar-refractivity contribution < 1.29 is 4.79 Å². The van der Waals surface area contributed by atoms with Gasteiger partial charge in [-0.1, -0.05) is 32.4 Å². The minimum atomic E-state index is 0.0105. The summed E-state index contributed by atoms with van der Waals surface area (Å²) in [7, 11) is 0. The maximum Gasteiger partial charge on any atom is 0.251 e. The Morgan fingerprint density at radius 2 is 1.88 bits per heavy atom. The Hall–Kier alpha value is -2.14. The lowest BCUT2D eigenvalue weighted by atomic mass is 10.1. The second-order valence-electron chi connectivity index (χ2n) is 7.16. The number of aryl methyl sites for hydroxylation is 1. The molecule has 0 unspecified atom stereocenters. The topological polar surface area (TPSA) is 56.4 Å². The largest absolute Gasteiger partial charge is 0.340 e. The highest BCUT2D eigenvalue weighted by atomic mass is 16.2. The van der Waals surface area contributed by atoms with E-state index in [1.165, 1.54) is 5.56 Å². The number of amides is 1. The van der Waals surface area contributed by atoms with Gasteiger partial charge in [0.25, 0.3) is 5.56 Å². The van der Waals surface area contributed by atoms with Gasteiger partial charge in [0.05, 0.1) is 0 Å². The zero-order valence-electron chi connectivity index (χ0n) is 15.9. The Morgan fingerprint density at radius 3 is 2.58 bits per heavy atom. The van der Waals surface area contributed by atoms with Crippen LogP contribution < -0.4 is 5.56 Å². The molecule has 0 radical (unpaired) electrons. The summed E-state index contributed by atoms with van der Waals surface area (Å²) in [6.07, 6.45) is 3.46. The third-order valence-corrected chi connectivity index (χ3v) is 5.24. The summed E-state index contributed by atoms with van der Waals surface area (Å²) in [6, 6.07) is 8.29. The van der Waals surface area contributed by atoms with Crippen LogP contribution in [0.25, 0.3) is 10.9 Å². The number of aromatic nitrogens is 1. The van der Waals surface area contributed by atoms with Crippen molar-refractivity contribution in [3.63, 3.8) is 0 Å². The zero-order chi connectivity index (χ0) is 18.5. The molecule has 0 spiro atoms. The lowest BCUT2D eigenvalue weighted by Gasteiger charge is -2.34. The van der Waals surface area contributed by atoms with Crippen LogP contribution in [0, 0.1) is 0 Å². The van der Waals surface area contributed by atoms with Crippen LogP contribution in [0.15, 0.2) is 29.1 Å². The Kier molecular flexibility index (Phi) is 6.09. The number of unbranched alkanes of at least 4 members (excludes halogenated alkanes) is 1. The van der Waals surface area contributed by atoms with Crippen molar-refractivity contribution in [3.8, 4) is 0 Å². The first-order chi connectivity index (χ1) is 12.6. The molecule has 1 N–H and O–H groups in total. The smallest absolute Gasteiger partial charge is 0.251 e. The van der Waals surface area contributed by atoms with E-state index < -0.39 is 0 Å². The molecule has 5 heteroatoms. The van der Waals surface area contributed by atoms with Crippen molar-refractivity contribution in [2.24, 2.45) is 0 Å². The number of hydrogen-bond donors (Lipinski definition) is 1. The fourth-order valence-corrected chi connectivity index (χ4v) is 3.55. The van der Waals surface area contributed by atoms with Gasteiger partial charge < -0.3 is 9.88 Å². The summed E-state index contributed by atoms with van der Waals surface area (Å²) >= 11 is 0. The lowest BCUT2D eigenvalue weighted by Crippen LogP contribution is -2.48. The van der Waals surface area contributed by atoms with E-state index >= 15 is 0 Å². The van der Waals surface area contributed by atoms with Crippen LogP contribution in [0.1, 0.15) is 44.2 Å². The van der Waals surface area contributed by atoms with Crippen LogP contribution in [0.3, 0.4) is 0 Å². The number of carbonyl (C=O) groups excluding carboxylic acids is 1. The summed E-state index contributed by atoms with van der Waals surface area (Å²) in [4.78, 5) is 31.5. The molecule has 0 aliphatic carbocycles. The number of nitrogens with zero attached hydrogens (tertiary/aromatic N) is 2. The van der Waals surface area contributed by atoms with E-state index in [-0.39, 0.29) is 5.56 Å². The number of aromatic amines is 1. The Balaban J connectivity index is 1.61. The van der Waals surface area contributed by atoms with Gasteiger partial charge in [0, 0.05) is 50.2 Å². The van der Waals surface area contributed by atoms with E-state index in [0.29, 0.717) is 12.3 Å². The monoisotopic (exact) mass is 355 g/mol. The van der Waals surface area contributed by atoms with Gasteiger partial charge in [-0.25, -0.2) is 0 Å². The molecule has 1 saturated heterocycles. The van der Waals surface area contributed by atoms with Crippen LogP contribution in [0.4, 0.5) is 0 Å². The van der Waals surface area contributed by atoms with Crippen LogP contribution in [-0.4, -0.2) is 46.9 Å². The molecule has 1 aromatic heterocycles. The second kappa shape index (κ2) is 8.49. The Morgan fingerprint density at radius 1 is 1.12 bits per heavy atom. The minimum absolute atomic E-state index is 0.0105. The highest BCUT2D eigenvalue weighted by molar-refractivity contribution is 5.79. The van der Waals surface area contributed by atoms with E-state index in [1.807, 2.05) is 17.9 Å². The SMILES string of the molecule is CCCCC(=O)N1CCN(Cc2ccc3cc(CC)c(=O)[nH]c3c2)CC1. The highest BCUT2D eigenvalue weighted by Crippen LogP contribution is 2.16. The molecule has 0 bridgehead atoms. The number of pyridine rings is 1. The van der Waals surface area contributed by atoms with Crippen LogP contribution in [0.5, 0.6) is 0 Å². The minimum Gasteiger partial charge on any atom is -0.340 e. The molecule has 5 nitrogen and oxygen atoms in total. The first kappa shape index (κ1) is 18.6. The molecule has 1 aromatic carbocycles. The normalized spacial score (nSPS) is 15.5. The van der Waals surface area contributed by atoms with Crippen LogP contribution in [0.2, 0.25) is 0 Å². The number of H-pyrrole nitrogens is 1. The van der Waals surface area contributed by atoms with E-state index in [9.17, 15) is 9.59 Å². The first-order valence-corrected chi connectivity index (χ1v) is 9.75. The highest BCUT2D eigenvalue weighted by Gasteiger charge is 2.20. The lowest BCUT2D eigenvalue weighted by molar-refractivity contribution is -0.133. The summed E-state index contributed by atoms with van der Waals surface area (Å²) in [5, 5.41) is 1.08. The molecule has 26 heavy (non-hydrogen) atoms. The average molecular weight is 355 g/mol. The van der Waals surface area contributed by atoms with Gasteiger partial charge in [-0.05, 0) is 35.9 Å². The van der Waals surface area contributed by atoms with Gasteiger partial charge in [0.2, 0.25) is 5.91 Å². The maximum atomic E-state index is 12.1. The van der Waals surface area contributed by atoms with Crippen LogP contribution in [-0.2, 0) is 17.8 Å². The van der Waals surface area contributed by atoms with Gasteiger partial charge >= 0.3 is 0 Å². The molecule has 1 amide bonds. The number of rotatable bonds is 6. The number of piperazine rings is 1. The van der Waals surface area contributed by atoms with Gasteiger partial charge in [-0.2, -0.15) is 0 Å². The van der Waals surface area contributed by atoms with E-state index in [0.717, 1.165) is 68.5 Å². The van der Waals surface area contributed by atoms with Gasteiger partial charge in [-0.3, -0.25) is 14.5 Å². The fourth-order valence-electron chi connectivity index (χ4n) is 3.55. The standard InChI is InChI=1S/C21H29N3O2/c1-3-5-6-20(25)24-11-9-23(10-12-24)15-16-7-8-18-14-17(4-2)21(26)22-19(18)13-16/h7-8,13-14H,3-6,9-12,15H2,1-2H3,(H,22,26). The van der Waals surface area contributed by atoms with Crippen molar-refractivity contribution in [1.29, 1.82) is 0 Å². The van der Waals surface area contributed by atoms with Crippen molar-refractivity contribution in [2.75, 3.05) is 26.2 Å². The molecule has 140 valence electrons. The molecular formula is C21H29N3O2. The van der Waals surface area contributed by atoms with Gasteiger partial charge in [0.15, 0.2) is 0 Å². The van der Waals surface area contributed by atoms with Gasteiger partial charge in [-0.15, -0.1) is 0 Å². The summed E-state index contributed by atoms with van der Waals surface area (Å²) in [5.74, 6) is 0.293. The summed E-state index contributed by atoms with van der Waals surface area (Å²) < 4.78 is 0. The van der Waals surface area contributed by atoms with Crippen molar-refractivity contribution in [3.05, 3.63) is 45.7 Å². The maximum absolute atomic E-state index is 12.1. The second-order valence-corrected chi connectivity index (χ2v) is 7.16. The third-order valence-electron chi connectivity index (χ3n) is 5.24. The molecule has 2 aromatic rings. The molecule has 1 fully saturated rings. The van der Waals surface area contributed by atoms with Crippen molar-refractivity contribution >= 4 is 16.8 Å². The first-order valence-electron chi connectivity index (χ1n) is 9.75. The van der Waals surface area contributed by atoms with Gasteiger partial charge in [0.1, 0.15) is 0 Å². The third kappa shape index (κ3) is 4.33. The van der Waals surface area contributed by atoms with Crippen LogP contribution >= 0.6 is 0 Å². The number of nitrogens with one attached hydrogen (secondary N) is 1. The summed E-state index contributed by atoms with van der Waals surface area (Å²) in [5.41, 5.74) is 2.94. The molecule has 0 atom stereocenters. The predicted octanol–water partition coefficient (Wildman–Crippen LogP) is 2.92. The predicted molar refractivity (Wildman–Crippen MR) is 105 cm³/mol. The quantitative estimate of drug-likeness (QED) is 0.867. The van der Waals surface area contributed by atoms with Crippen molar-refractivity contribution in [2.45, 2.75) is 46.1 Å². The Labute approximate surface area is 155 Å². The number of hydrogen-bond acceptors (Lipinski definition) is 3. The fraction of sp³-hybridized carbons (Fsp3) is 0.524. The molecule has 1 aliphatic heterocycles. The molecule has 3 rings (SSSR count). The Bertz CT molecular complexity index is 820.